The van der Waals surface area contributed by atoms with Crippen molar-refractivity contribution in [2.45, 2.75) is 4.90 Å². The van der Waals surface area contributed by atoms with Crippen molar-refractivity contribution in [2.24, 2.45) is 0 Å². The highest BCUT2D eigenvalue weighted by Gasteiger charge is 2.30. The van der Waals surface area contributed by atoms with Crippen LogP contribution in [0.15, 0.2) is 91.4 Å². The number of hydrogen-bond donors (Lipinski definition) is 0. The van der Waals surface area contributed by atoms with Crippen LogP contribution in [-0.2, 0) is 14.8 Å². The Bertz CT molecular complexity index is 1660. The molecule has 5 rings (SSSR count). The molecule has 1 aromatic heterocycles. The third-order valence-corrected chi connectivity index (χ3v) is 8.92. The number of carbonyl (C=O) groups is 1. The molecule has 3 aromatic carbocycles. The summed E-state index contributed by atoms with van der Waals surface area (Å²) in [6.45, 7) is 0.335. The first-order valence-corrected chi connectivity index (χ1v) is 14.4. The lowest BCUT2D eigenvalue weighted by atomic mass is 10.1. The van der Waals surface area contributed by atoms with Crippen molar-refractivity contribution >= 4 is 42.8 Å². The second kappa shape index (κ2) is 11.2. The normalized spacial score (nSPS) is 14.4. The number of benzene rings is 3. The van der Waals surface area contributed by atoms with E-state index in [1.54, 1.807) is 60.7 Å². The minimum absolute atomic E-state index is 0.0753. The lowest BCUT2D eigenvalue weighted by Crippen LogP contribution is -2.51. The van der Waals surface area contributed by atoms with Crippen LogP contribution in [0.1, 0.15) is 0 Å². The first-order valence-electron chi connectivity index (χ1n) is 12.1. The molecule has 0 radical (unpaired) electrons. The maximum atomic E-state index is 13.4. The standard InChI is InChI=1S/C28H25BrN2O7S/c1-36-21-11-12-23-24(17-21)38-27(19-7-9-20(29)10-8-19)28(26(23)33)37-18-25(32)30-13-15-31(16-14-30)39(34,35)22-5-3-2-4-6-22/h2-12,17H,13-16,18H2,1H3. The number of nitrogens with zero attached hydrogens (tertiary/aromatic N) is 2. The fourth-order valence-corrected chi connectivity index (χ4v) is 6.06. The van der Waals surface area contributed by atoms with E-state index in [4.69, 9.17) is 13.9 Å². The molecule has 1 saturated heterocycles. The molecule has 1 amide bonds. The van der Waals surface area contributed by atoms with Gasteiger partial charge in [-0.05, 0) is 48.5 Å². The number of methoxy groups -OCH3 is 1. The van der Waals surface area contributed by atoms with Crippen molar-refractivity contribution in [2.75, 3.05) is 39.9 Å². The first kappa shape index (κ1) is 26.9. The first-order chi connectivity index (χ1) is 18.8. The number of hydrogen-bond acceptors (Lipinski definition) is 7. The third kappa shape index (κ3) is 5.56. The molecule has 1 aliphatic rings. The molecule has 1 fully saturated rings. The molecule has 1 aliphatic heterocycles. The summed E-state index contributed by atoms with van der Waals surface area (Å²) < 4.78 is 45.2. The van der Waals surface area contributed by atoms with E-state index in [-0.39, 0.29) is 48.5 Å². The summed E-state index contributed by atoms with van der Waals surface area (Å²) in [5.41, 5.74) is 0.511. The smallest absolute Gasteiger partial charge is 0.260 e. The lowest BCUT2D eigenvalue weighted by molar-refractivity contribution is -0.134. The van der Waals surface area contributed by atoms with Gasteiger partial charge in [0, 0.05) is 42.3 Å². The largest absolute Gasteiger partial charge is 0.497 e. The van der Waals surface area contributed by atoms with Crippen LogP contribution in [0.2, 0.25) is 0 Å². The number of amides is 1. The molecule has 0 spiro atoms. The molecule has 11 heteroatoms. The molecule has 0 unspecified atom stereocenters. The van der Waals surface area contributed by atoms with Crippen molar-refractivity contribution in [1.29, 1.82) is 0 Å². The minimum Gasteiger partial charge on any atom is -0.497 e. The number of piperazine rings is 1. The maximum absolute atomic E-state index is 13.4. The number of carbonyl (C=O) groups excluding carboxylic acids is 1. The SMILES string of the molecule is COc1ccc2c(=O)c(OCC(=O)N3CCN(S(=O)(=O)c4ccccc4)CC3)c(-c3ccc(Br)cc3)oc2c1. The predicted molar refractivity (Wildman–Crippen MR) is 149 cm³/mol. The van der Waals surface area contributed by atoms with E-state index in [0.29, 0.717) is 22.3 Å². The van der Waals surface area contributed by atoms with Crippen LogP contribution in [-0.4, -0.2) is 63.4 Å². The Morgan fingerprint density at radius 3 is 2.33 bits per heavy atom. The number of rotatable bonds is 7. The second-order valence-electron chi connectivity index (χ2n) is 8.85. The average molecular weight is 613 g/mol. The fourth-order valence-electron chi connectivity index (χ4n) is 4.35. The summed E-state index contributed by atoms with van der Waals surface area (Å²) in [7, 11) is -2.12. The predicted octanol–water partition coefficient (Wildman–Crippen LogP) is 4.14. The van der Waals surface area contributed by atoms with Gasteiger partial charge >= 0.3 is 0 Å². The number of sulfonamides is 1. The van der Waals surface area contributed by atoms with Crippen molar-refractivity contribution in [1.82, 2.24) is 9.21 Å². The van der Waals surface area contributed by atoms with Gasteiger partial charge in [0.25, 0.3) is 5.91 Å². The van der Waals surface area contributed by atoms with E-state index in [1.807, 2.05) is 12.1 Å². The Kier molecular flexibility index (Phi) is 7.74. The quantitative estimate of drug-likeness (QED) is 0.309. The molecular formula is C28H25BrN2O7S. The molecule has 0 bridgehead atoms. The minimum atomic E-state index is -3.64. The highest BCUT2D eigenvalue weighted by molar-refractivity contribution is 9.10. The van der Waals surface area contributed by atoms with Crippen molar-refractivity contribution in [3.8, 4) is 22.8 Å². The topological polar surface area (TPSA) is 106 Å². The number of halogens is 1. The summed E-state index contributed by atoms with van der Waals surface area (Å²) in [5, 5.41) is 0.291. The molecule has 39 heavy (non-hydrogen) atoms. The molecule has 0 aliphatic carbocycles. The van der Waals surface area contributed by atoms with E-state index in [1.165, 1.54) is 16.3 Å². The van der Waals surface area contributed by atoms with E-state index in [9.17, 15) is 18.0 Å². The maximum Gasteiger partial charge on any atom is 0.260 e. The van der Waals surface area contributed by atoms with E-state index >= 15 is 0 Å². The third-order valence-electron chi connectivity index (χ3n) is 6.48. The van der Waals surface area contributed by atoms with Crippen LogP contribution in [0.25, 0.3) is 22.3 Å². The molecule has 0 N–H and O–H groups in total. The highest BCUT2D eigenvalue weighted by Crippen LogP contribution is 2.33. The van der Waals surface area contributed by atoms with Crippen LogP contribution in [0.5, 0.6) is 11.5 Å². The molecule has 0 saturated carbocycles. The van der Waals surface area contributed by atoms with Crippen LogP contribution >= 0.6 is 15.9 Å². The van der Waals surface area contributed by atoms with Gasteiger partial charge in [-0.3, -0.25) is 9.59 Å². The molecule has 9 nitrogen and oxygen atoms in total. The fraction of sp³-hybridized carbons (Fsp3) is 0.214. The average Bonchev–Trinajstić information content (AvgIpc) is 2.97. The van der Waals surface area contributed by atoms with Gasteiger partial charge in [-0.25, -0.2) is 8.42 Å². The zero-order valence-corrected chi connectivity index (χ0v) is 23.4. The Hall–Kier alpha value is -3.67. The highest BCUT2D eigenvalue weighted by atomic mass is 79.9. The van der Waals surface area contributed by atoms with Crippen LogP contribution in [0.3, 0.4) is 0 Å². The van der Waals surface area contributed by atoms with Gasteiger partial charge in [0.2, 0.25) is 21.2 Å². The van der Waals surface area contributed by atoms with Crippen LogP contribution < -0.4 is 14.9 Å². The molecular weight excluding hydrogens is 588 g/mol. The van der Waals surface area contributed by atoms with Crippen LogP contribution in [0, 0.1) is 0 Å². The summed E-state index contributed by atoms with van der Waals surface area (Å²) in [6.07, 6.45) is 0. The van der Waals surface area contributed by atoms with Crippen molar-refractivity contribution < 1.29 is 27.1 Å². The second-order valence-corrected chi connectivity index (χ2v) is 11.7. The van der Waals surface area contributed by atoms with Crippen molar-refractivity contribution in [3.63, 3.8) is 0 Å². The summed E-state index contributed by atoms with van der Waals surface area (Å²) in [4.78, 5) is 28.2. The number of fused-ring (bicyclic) bond motifs is 1. The zero-order valence-electron chi connectivity index (χ0n) is 21.0. The Morgan fingerprint density at radius 2 is 1.67 bits per heavy atom. The lowest BCUT2D eigenvalue weighted by Gasteiger charge is -2.34. The van der Waals surface area contributed by atoms with Crippen LogP contribution in [0.4, 0.5) is 0 Å². The summed E-state index contributed by atoms with van der Waals surface area (Å²) in [5.74, 6) is 0.292. The monoisotopic (exact) mass is 612 g/mol. The van der Waals surface area contributed by atoms with Gasteiger partial charge in [-0.2, -0.15) is 4.31 Å². The Labute approximate surface area is 233 Å². The van der Waals surface area contributed by atoms with Crippen molar-refractivity contribution in [3.05, 3.63) is 87.5 Å². The van der Waals surface area contributed by atoms with Gasteiger partial charge < -0.3 is 18.8 Å². The summed E-state index contributed by atoms with van der Waals surface area (Å²) in [6, 6.07) is 20.2. The Balaban J connectivity index is 1.35. The molecule has 2 heterocycles. The van der Waals surface area contributed by atoms with E-state index in [0.717, 1.165) is 4.47 Å². The summed E-state index contributed by atoms with van der Waals surface area (Å²) >= 11 is 3.40. The zero-order chi connectivity index (χ0) is 27.6. The molecule has 0 atom stereocenters. The Morgan fingerprint density at radius 1 is 0.974 bits per heavy atom. The van der Waals surface area contributed by atoms with Gasteiger partial charge in [0.1, 0.15) is 11.3 Å². The van der Waals surface area contributed by atoms with E-state index < -0.39 is 22.1 Å². The van der Waals surface area contributed by atoms with Gasteiger partial charge in [0.15, 0.2) is 12.4 Å². The number of ether oxygens (including phenoxy) is 2. The van der Waals surface area contributed by atoms with Gasteiger partial charge in [-0.1, -0.05) is 34.1 Å². The molecule has 202 valence electrons. The van der Waals surface area contributed by atoms with E-state index in [2.05, 4.69) is 15.9 Å². The molecule has 4 aromatic rings. The van der Waals surface area contributed by atoms with Gasteiger partial charge in [0.05, 0.1) is 17.4 Å². The van der Waals surface area contributed by atoms with Gasteiger partial charge in [-0.15, -0.1) is 0 Å².